The zero-order chi connectivity index (χ0) is 15.4. The van der Waals surface area contributed by atoms with Gasteiger partial charge in [-0.2, -0.15) is 0 Å². The molecule has 2 aromatic carbocycles. The van der Waals surface area contributed by atoms with Gasteiger partial charge in [0.1, 0.15) is 5.82 Å². The van der Waals surface area contributed by atoms with Crippen molar-refractivity contribution in [2.75, 3.05) is 6.54 Å². The number of nitrogens with zero attached hydrogens (tertiary/aromatic N) is 1. The first-order valence-electron chi connectivity index (χ1n) is 7.75. The van der Waals surface area contributed by atoms with Gasteiger partial charge in [0, 0.05) is 6.04 Å². The van der Waals surface area contributed by atoms with Gasteiger partial charge in [-0.15, -0.1) is 0 Å². The molecule has 0 aliphatic rings. The van der Waals surface area contributed by atoms with Gasteiger partial charge in [0.2, 0.25) is 0 Å². The molecular weight excluding hydrogens is 272 g/mol. The molecule has 0 fully saturated rings. The summed E-state index contributed by atoms with van der Waals surface area (Å²) in [5.41, 5.74) is 15.3. The van der Waals surface area contributed by atoms with E-state index in [-0.39, 0.29) is 12.0 Å². The van der Waals surface area contributed by atoms with E-state index in [1.165, 1.54) is 5.56 Å². The number of imidazole rings is 1. The van der Waals surface area contributed by atoms with E-state index >= 15 is 0 Å². The number of H-pyrrole nitrogens is 1. The van der Waals surface area contributed by atoms with Crippen LogP contribution in [0.15, 0.2) is 54.6 Å². The van der Waals surface area contributed by atoms with Gasteiger partial charge in [0.05, 0.1) is 17.0 Å². The van der Waals surface area contributed by atoms with E-state index in [4.69, 9.17) is 16.5 Å². The van der Waals surface area contributed by atoms with E-state index in [0.717, 1.165) is 29.7 Å². The highest BCUT2D eigenvalue weighted by Gasteiger charge is 2.24. The van der Waals surface area contributed by atoms with Crippen LogP contribution in [-0.4, -0.2) is 22.6 Å². The van der Waals surface area contributed by atoms with Gasteiger partial charge in [-0.1, -0.05) is 42.5 Å². The second-order valence-corrected chi connectivity index (χ2v) is 5.62. The highest BCUT2D eigenvalue weighted by atomic mass is 14.9. The van der Waals surface area contributed by atoms with Gasteiger partial charge in [-0.3, -0.25) is 0 Å². The Morgan fingerprint density at radius 3 is 2.45 bits per heavy atom. The molecule has 0 saturated heterocycles. The molecule has 4 heteroatoms. The van der Waals surface area contributed by atoms with Crippen LogP contribution in [0.4, 0.5) is 0 Å². The van der Waals surface area contributed by atoms with Crippen molar-refractivity contribution in [2.24, 2.45) is 11.5 Å². The normalized spacial score (nSPS) is 14.1. The largest absolute Gasteiger partial charge is 0.341 e. The molecule has 1 aromatic heterocycles. The van der Waals surface area contributed by atoms with Crippen molar-refractivity contribution in [1.29, 1.82) is 0 Å². The zero-order valence-corrected chi connectivity index (χ0v) is 12.6. The summed E-state index contributed by atoms with van der Waals surface area (Å²) in [6.07, 6.45) is 1.80. The number of hydrogen-bond donors (Lipinski definition) is 3. The Morgan fingerprint density at radius 2 is 1.73 bits per heavy atom. The third-order valence-electron chi connectivity index (χ3n) is 4.03. The van der Waals surface area contributed by atoms with E-state index in [1.807, 2.05) is 42.5 Å². The fourth-order valence-electron chi connectivity index (χ4n) is 2.91. The Bertz CT molecular complexity index is 687. The Labute approximate surface area is 130 Å². The van der Waals surface area contributed by atoms with Crippen LogP contribution >= 0.6 is 0 Å². The third kappa shape index (κ3) is 3.03. The number of rotatable bonds is 6. The van der Waals surface area contributed by atoms with Crippen LogP contribution in [-0.2, 0) is 0 Å². The number of hydrogen-bond acceptors (Lipinski definition) is 3. The fourth-order valence-corrected chi connectivity index (χ4v) is 2.91. The van der Waals surface area contributed by atoms with Crippen LogP contribution in [0.2, 0.25) is 0 Å². The first-order chi connectivity index (χ1) is 10.8. The second kappa shape index (κ2) is 6.73. The maximum Gasteiger partial charge on any atom is 0.116 e. The second-order valence-electron chi connectivity index (χ2n) is 5.62. The number of aromatic nitrogens is 2. The lowest BCUT2D eigenvalue weighted by molar-refractivity contribution is 0.521. The first-order valence-corrected chi connectivity index (χ1v) is 7.75. The highest BCUT2D eigenvalue weighted by Crippen LogP contribution is 2.28. The van der Waals surface area contributed by atoms with E-state index in [9.17, 15) is 0 Å². The molecule has 5 N–H and O–H groups in total. The number of fused-ring (bicyclic) bond motifs is 1. The molecule has 0 spiro atoms. The molecule has 2 atom stereocenters. The topological polar surface area (TPSA) is 80.7 Å². The number of para-hydroxylation sites is 2. The van der Waals surface area contributed by atoms with Crippen molar-refractivity contribution in [2.45, 2.75) is 24.8 Å². The smallest absolute Gasteiger partial charge is 0.116 e. The summed E-state index contributed by atoms with van der Waals surface area (Å²) in [6, 6.07) is 18.4. The minimum absolute atomic E-state index is 0.00786. The highest BCUT2D eigenvalue weighted by molar-refractivity contribution is 5.75. The molecule has 4 nitrogen and oxygen atoms in total. The summed E-state index contributed by atoms with van der Waals surface area (Å²) in [4.78, 5) is 8.18. The number of nitrogens with two attached hydrogens (primary N) is 2. The average Bonchev–Trinajstić information content (AvgIpc) is 2.97. The Kier molecular flexibility index (Phi) is 4.51. The molecule has 0 radical (unpaired) electrons. The summed E-state index contributed by atoms with van der Waals surface area (Å²) in [6.45, 7) is 0.662. The minimum atomic E-state index is -0.00786. The van der Waals surface area contributed by atoms with Gasteiger partial charge in [0.25, 0.3) is 0 Å². The lowest BCUT2D eigenvalue weighted by Crippen LogP contribution is -2.30. The summed E-state index contributed by atoms with van der Waals surface area (Å²) in [5, 5.41) is 0. The van der Waals surface area contributed by atoms with E-state index in [2.05, 4.69) is 17.1 Å². The van der Waals surface area contributed by atoms with Crippen LogP contribution in [0.1, 0.15) is 30.1 Å². The van der Waals surface area contributed by atoms with Crippen molar-refractivity contribution < 1.29 is 0 Å². The molecule has 114 valence electrons. The van der Waals surface area contributed by atoms with Crippen molar-refractivity contribution in [3.63, 3.8) is 0 Å². The van der Waals surface area contributed by atoms with Crippen LogP contribution in [0.3, 0.4) is 0 Å². The molecular formula is C18H22N4. The van der Waals surface area contributed by atoms with Crippen molar-refractivity contribution in [3.05, 3.63) is 66.0 Å². The van der Waals surface area contributed by atoms with E-state index < -0.39 is 0 Å². The Morgan fingerprint density at radius 1 is 1.00 bits per heavy atom. The molecule has 1 heterocycles. The molecule has 0 aliphatic carbocycles. The number of nitrogens with one attached hydrogen (secondary N) is 1. The van der Waals surface area contributed by atoms with Crippen molar-refractivity contribution in [3.8, 4) is 0 Å². The maximum atomic E-state index is 6.47. The molecule has 0 amide bonds. The third-order valence-corrected chi connectivity index (χ3v) is 4.03. The minimum Gasteiger partial charge on any atom is -0.341 e. The van der Waals surface area contributed by atoms with Crippen molar-refractivity contribution >= 4 is 11.0 Å². The van der Waals surface area contributed by atoms with Crippen molar-refractivity contribution in [1.82, 2.24) is 9.97 Å². The summed E-state index contributed by atoms with van der Waals surface area (Å²) < 4.78 is 0. The molecule has 3 rings (SSSR count). The van der Waals surface area contributed by atoms with E-state index in [1.54, 1.807) is 0 Å². The van der Waals surface area contributed by atoms with Crippen LogP contribution in [0.5, 0.6) is 0 Å². The quantitative estimate of drug-likeness (QED) is 0.654. The number of aromatic amines is 1. The molecule has 2 unspecified atom stereocenters. The maximum absolute atomic E-state index is 6.47. The molecule has 0 aliphatic heterocycles. The molecule has 0 saturated carbocycles. The Balaban J connectivity index is 2.00. The standard InChI is InChI=1S/C18H22N4/c19-12-6-9-14(20)17(13-7-2-1-3-8-13)18-21-15-10-4-5-11-16(15)22-18/h1-5,7-8,10-11,14,17H,6,9,12,19-20H2,(H,21,22). The first kappa shape index (κ1) is 14.8. The zero-order valence-electron chi connectivity index (χ0n) is 12.6. The summed E-state index contributed by atoms with van der Waals surface area (Å²) >= 11 is 0. The lowest BCUT2D eigenvalue weighted by atomic mass is 9.88. The molecule has 22 heavy (non-hydrogen) atoms. The van der Waals surface area contributed by atoms with Gasteiger partial charge in [-0.25, -0.2) is 4.98 Å². The van der Waals surface area contributed by atoms with Gasteiger partial charge in [-0.05, 0) is 37.1 Å². The summed E-state index contributed by atoms with van der Waals surface area (Å²) in [5.74, 6) is 0.983. The summed E-state index contributed by atoms with van der Waals surface area (Å²) in [7, 11) is 0. The lowest BCUT2D eigenvalue weighted by Gasteiger charge is -2.22. The molecule has 3 aromatic rings. The molecule has 0 bridgehead atoms. The van der Waals surface area contributed by atoms with Crippen LogP contribution in [0.25, 0.3) is 11.0 Å². The van der Waals surface area contributed by atoms with Crippen LogP contribution < -0.4 is 11.5 Å². The Hall–Kier alpha value is -2.17. The fraction of sp³-hybridized carbons (Fsp3) is 0.278. The SMILES string of the molecule is NCCCC(N)C(c1ccccc1)c1nc2ccccc2[nH]1. The van der Waals surface area contributed by atoms with Gasteiger partial charge in [0.15, 0.2) is 0 Å². The van der Waals surface area contributed by atoms with E-state index in [0.29, 0.717) is 6.54 Å². The monoisotopic (exact) mass is 294 g/mol. The predicted molar refractivity (Wildman–Crippen MR) is 90.6 cm³/mol. The van der Waals surface area contributed by atoms with Gasteiger partial charge < -0.3 is 16.5 Å². The van der Waals surface area contributed by atoms with Crippen LogP contribution in [0, 0.1) is 0 Å². The number of benzene rings is 2. The average molecular weight is 294 g/mol. The predicted octanol–water partition coefficient (Wildman–Crippen LogP) is 2.76. The van der Waals surface area contributed by atoms with Gasteiger partial charge >= 0.3 is 0 Å².